The van der Waals surface area contributed by atoms with E-state index in [9.17, 15) is 18.6 Å². The second kappa shape index (κ2) is 10.3. The smallest absolute Gasteiger partial charge is 0.224 e. The standard InChI is InChI=1S/C27H31N7O4S2/c1-15-21(25-32-22-16(2)29-12-8-20(22)39-25)24(33-26(31-15)30-13-17-3-4-17)34-27(36)9-5-18(23(27)35)14-40(37,38)19-6-10-28-11-7-19/h6-8,10-12,17-18,23,35-36H,3-5,9,13-14H2,1-2H3,(H2,30,31,33,34). The zero-order chi connectivity index (χ0) is 28.1. The van der Waals surface area contributed by atoms with Gasteiger partial charge in [-0.3, -0.25) is 9.97 Å². The summed E-state index contributed by atoms with van der Waals surface area (Å²) in [5.41, 5.74) is 1.07. The average molecular weight is 582 g/mol. The lowest BCUT2D eigenvalue weighted by Crippen LogP contribution is -2.48. The number of hydrogen-bond donors (Lipinski definition) is 4. The minimum atomic E-state index is -3.68. The zero-order valence-electron chi connectivity index (χ0n) is 22.2. The van der Waals surface area contributed by atoms with E-state index in [2.05, 4.69) is 25.6 Å². The fraction of sp³-hybridized carbons (Fsp3) is 0.444. The lowest BCUT2D eigenvalue weighted by atomic mass is 10.0. The van der Waals surface area contributed by atoms with Crippen LogP contribution in [0.15, 0.2) is 41.7 Å². The molecule has 0 bridgehead atoms. The number of sulfone groups is 1. The second-order valence-corrected chi connectivity index (χ2v) is 13.8. The quantitative estimate of drug-likeness (QED) is 0.214. The minimum Gasteiger partial charge on any atom is -0.388 e. The molecule has 13 heteroatoms. The van der Waals surface area contributed by atoms with Crippen LogP contribution in [0.5, 0.6) is 0 Å². The van der Waals surface area contributed by atoms with Crippen LogP contribution in [0, 0.1) is 25.7 Å². The fourth-order valence-corrected chi connectivity index (χ4v) is 7.94. The van der Waals surface area contributed by atoms with Gasteiger partial charge in [-0.15, -0.1) is 11.3 Å². The molecule has 2 aliphatic carbocycles. The van der Waals surface area contributed by atoms with Crippen molar-refractivity contribution in [2.45, 2.75) is 56.3 Å². The van der Waals surface area contributed by atoms with Crippen molar-refractivity contribution in [3.8, 4) is 10.6 Å². The Morgan fingerprint density at radius 1 is 1.05 bits per heavy atom. The van der Waals surface area contributed by atoms with Gasteiger partial charge >= 0.3 is 0 Å². The summed E-state index contributed by atoms with van der Waals surface area (Å²) < 4.78 is 27.0. The van der Waals surface area contributed by atoms with Gasteiger partial charge < -0.3 is 20.8 Å². The average Bonchev–Trinajstić information content (AvgIpc) is 3.60. The van der Waals surface area contributed by atoms with E-state index in [-0.39, 0.29) is 17.1 Å². The van der Waals surface area contributed by atoms with Crippen molar-refractivity contribution in [2.75, 3.05) is 22.9 Å². The SMILES string of the molecule is Cc1nc(NCC2CC2)nc(NC2(O)CCC(CS(=O)(=O)c3ccncc3)C2O)c1-c1nc2c(C)nccc2s1. The Morgan fingerprint density at radius 2 is 1.82 bits per heavy atom. The third-order valence-electron chi connectivity index (χ3n) is 7.65. The van der Waals surface area contributed by atoms with Crippen LogP contribution in [0.3, 0.4) is 0 Å². The van der Waals surface area contributed by atoms with Crippen molar-refractivity contribution in [1.29, 1.82) is 0 Å². The van der Waals surface area contributed by atoms with Crippen molar-refractivity contribution < 1.29 is 18.6 Å². The van der Waals surface area contributed by atoms with Crippen LogP contribution in [0.2, 0.25) is 0 Å². The third kappa shape index (κ3) is 5.26. The van der Waals surface area contributed by atoms with E-state index in [1.807, 2.05) is 19.9 Å². The van der Waals surface area contributed by atoms with Crippen LogP contribution >= 0.6 is 11.3 Å². The van der Waals surface area contributed by atoms with Crippen molar-refractivity contribution in [2.24, 2.45) is 11.8 Å². The number of hydrogen-bond acceptors (Lipinski definition) is 12. The summed E-state index contributed by atoms with van der Waals surface area (Å²) in [5.74, 6) is 0.377. The minimum absolute atomic E-state index is 0.138. The number of thiazole rings is 1. The number of aliphatic hydroxyl groups excluding tert-OH is 1. The molecule has 3 unspecified atom stereocenters. The van der Waals surface area contributed by atoms with Gasteiger partial charge in [0.1, 0.15) is 22.4 Å². The van der Waals surface area contributed by atoms with Crippen molar-refractivity contribution in [1.82, 2.24) is 24.9 Å². The van der Waals surface area contributed by atoms with Crippen LogP contribution < -0.4 is 10.6 Å². The van der Waals surface area contributed by atoms with Crippen molar-refractivity contribution in [3.05, 3.63) is 48.2 Å². The molecule has 3 atom stereocenters. The predicted molar refractivity (Wildman–Crippen MR) is 153 cm³/mol. The van der Waals surface area contributed by atoms with Crippen LogP contribution in [0.4, 0.5) is 11.8 Å². The molecule has 0 saturated heterocycles. The number of aromatic nitrogens is 5. The normalized spacial score (nSPS) is 23.0. The summed E-state index contributed by atoms with van der Waals surface area (Å²) in [6.07, 6.45) is 6.02. The molecule has 11 nitrogen and oxygen atoms in total. The summed E-state index contributed by atoms with van der Waals surface area (Å²) in [6, 6.07) is 4.77. The lowest BCUT2D eigenvalue weighted by molar-refractivity contribution is -0.0442. The van der Waals surface area contributed by atoms with Gasteiger partial charge in [-0.2, -0.15) is 4.98 Å². The Morgan fingerprint density at radius 3 is 2.55 bits per heavy atom. The summed E-state index contributed by atoms with van der Waals surface area (Å²) >= 11 is 1.47. The largest absolute Gasteiger partial charge is 0.388 e. The third-order valence-corrected chi connectivity index (χ3v) is 10.5. The van der Waals surface area contributed by atoms with Crippen molar-refractivity contribution in [3.63, 3.8) is 0 Å². The first-order chi connectivity index (χ1) is 19.1. The van der Waals surface area contributed by atoms with Gasteiger partial charge in [0.2, 0.25) is 5.95 Å². The molecule has 0 aliphatic heterocycles. The summed E-state index contributed by atoms with van der Waals surface area (Å²) in [6.45, 7) is 4.52. The highest BCUT2D eigenvalue weighted by molar-refractivity contribution is 7.91. The van der Waals surface area contributed by atoms with Crippen molar-refractivity contribution >= 4 is 43.2 Å². The highest BCUT2D eigenvalue weighted by atomic mass is 32.2. The molecule has 4 heterocycles. The molecule has 0 spiro atoms. The molecule has 0 radical (unpaired) electrons. The maximum absolute atomic E-state index is 13.0. The topological polar surface area (TPSA) is 163 Å². The highest BCUT2D eigenvalue weighted by Gasteiger charge is 2.49. The lowest BCUT2D eigenvalue weighted by Gasteiger charge is -2.31. The van der Waals surface area contributed by atoms with E-state index in [1.165, 1.54) is 48.7 Å². The first kappa shape index (κ1) is 26.9. The summed E-state index contributed by atoms with van der Waals surface area (Å²) in [4.78, 5) is 22.6. The molecule has 2 fully saturated rings. The van der Waals surface area contributed by atoms with E-state index < -0.39 is 27.6 Å². The molecular formula is C27H31N7O4S2. The van der Waals surface area contributed by atoms with Crippen LogP contribution in [0.1, 0.15) is 37.1 Å². The summed E-state index contributed by atoms with van der Waals surface area (Å²) in [7, 11) is -3.68. The number of aliphatic hydroxyl groups is 2. The Hall–Kier alpha value is -3.26. The van der Waals surface area contributed by atoms with Gasteiger partial charge in [0, 0.05) is 31.1 Å². The van der Waals surface area contributed by atoms with Gasteiger partial charge in [-0.05, 0) is 63.6 Å². The van der Waals surface area contributed by atoms with E-state index in [0.717, 1.165) is 22.5 Å². The fourth-order valence-electron chi connectivity index (χ4n) is 5.19. The second-order valence-electron chi connectivity index (χ2n) is 10.7. The first-order valence-electron chi connectivity index (χ1n) is 13.3. The number of nitrogens with zero attached hydrogens (tertiary/aromatic N) is 5. The Bertz CT molecular complexity index is 1660. The van der Waals surface area contributed by atoms with Crippen LogP contribution in [0.25, 0.3) is 20.8 Å². The van der Waals surface area contributed by atoms with Gasteiger partial charge in [0.05, 0.1) is 32.3 Å². The highest BCUT2D eigenvalue weighted by Crippen LogP contribution is 2.42. The van der Waals surface area contributed by atoms with Crippen LogP contribution in [-0.4, -0.2) is 67.7 Å². The number of rotatable bonds is 9. The van der Waals surface area contributed by atoms with Gasteiger partial charge in [-0.1, -0.05) is 0 Å². The molecule has 4 aromatic rings. The Balaban J connectivity index is 1.33. The molecule has 6 rings (SSSR count). The van der Waals surface area contributed by atoms with Gasteiger partial charge in [0.25, 0.3) is 0 Å². The summed E-state index contributed by atoms with van der Waals surface area (Å²) in [5, 5.41) is 29.9. The molecule has 2 aliphatic rings. The predicted octanol–water partition coefficient (Wildman–Crippen LogP) is 3.33. The van der Waals surface area contributed by atoms with Gasteiger partial charge in [0.15, 0.2) is 15.6 Å². The number of nitrogens with one attached hydrogen (secondary N) is 2. The number of anilines is 2. The Kier molecular flexibility index (Phi) is 6.93. The number of pyridine rings is 2. The molecule has 0 amide bonds. The molecule has 2 saturated carbocycles. The van der Waals surface area contributed by atoms with E-state index in [0.29, 0.717) is 40.4 Å². The number of fused-ring (bicyclic) bond motifs is 1. The number of aryl methyl sites for hydroxylation is 2. The molecule has 4 N–H and O–H groups in total. The first-order valence-corrected chi connectivity index (χ1v) is 15.8. The molecule has 4 aromatic heterocycles. The van der Waals surface area contributed by atoms with E-state index >= 15 is 0 Å². The molecule has 0 aromatic carbocycles. The monoisotopic (exact) mass is 581 g/mol. The maximum Gasteiger partial charge on any atom is 0.224 e. The van der Waals surface area contributed by atoms with E-state index in [4.69, 9.17) is 9.97 Å². The maximum atomic E-state index is 13.0. The molecule has 210 valence electrons. The van der Waals surface area contributed by atoms with E-state index in [1.54, 1.807) is 6.20 Å². The Labute approximate surface area is 236 Å². The van der Waals surface area contributed by atoms with Gasteiger partial charge in [-0.25, -0.2) is 18.4 Å². The molecular weight excluding hydrogens is 550 g/mol. The molecule has 40 heavy (non-hydrogen) atoms. The van der Waals surface area contributed by atoms with Crippen LogP contribution in [-0.2, 0) is 9.84 Å². The zero-order valence-corrected chi connectivity index (χ0v) is 23.8.